The number of carbonyl (C=O) groups excluding carboxylic acids is 2. The van der Waals surface area contributed by atoms with Gasteiger partial charge in [-0.25, -0.2) is 5.48 Å². The van der Waals surface area contributed by atoms with Crippen LogP contribution in [0.3, 0.4) is 0 Å². The summed E-state index contributed by atoms with van der Waals surface area (Å²) in [6.07, 6.45) is -0.284. The van der Waals surface area contributed by atoms with Crippen LogP contribution < -0.4 is 16.0 Å². The van der Waals surface area contributed by atoms with Gasteiger partial charge in [0.15, 0.2) is 12.7 Å². The van der Waals surface area contributed by atoms with Gasteiger partial charge in [0.2, 0.25) is 5.91 Å². The average Bonchev–Trinajstić information content (AvgIpc) is 2.71. The van der Waals surface area contributed by atoms with Gasteiger partial charge >= 0.3 is 0 Å². The molecule has 0 spiro atoms. The van der Waals surface area contributed by atoms with E-state index in [2.05, 4.69) is 10.3 Å². The molecule has 1 aromatic rings. The molecule has 96 valence electrons. The van der Waals surface area contributed by atoms with Crippen LogP contribution in [-0.2, 0) is 20.8 Å². The highest BCUT2D eigenvalue weighted by molar-refractivity contribution is 6.30. The van der Waals surface area contributed by atoms with Gasteiger partial charge in [0.25, 0.3) is 5.91 Å². The molecule has 2 amide bonds. The number of carbonyl (C=O) groups is 2. The summed E-state index contributed by atoms with van der Waals surface area (Å²) in [5, 5.41) is 0.586. The zero-order valence-electron chi connectivity index (χ0n) is 9.31. The topological polar surface area (TPSA) is 90.7 Å². The molecule has 7 heteroatoms. The number of benzene rings is 1. The summed E-state index contributed by atoms with van der Waals surface area (Å²) in [4.78, 5) is 26.7. The van der Waals surface area contributed by atoms with Crippen LogP contribution in [0, 0.1) is 0 Å². The quantitative estimate of drug-likeness (QED) is 0.764. The van der Waals surface area contributed by atoms with Crippen LogP contribution in [0.15, 0.2) is 18.2 Å². The lowest BCUT2D eigenvalue weighted by Gasteiger charge is -2.10. The van der Waals surface area contributed by atoms with E-state index in [0.29, 0.717) is 17.2 Å². The molecule has 0 saturated heterocycles. The van der Waals surface area contributed by atoms with Crippen LogP contribution in [0.5, 0.6) is 5.75 Å². The Kier molecular flexibility index (Phi) is 3.69. The minimum Gasteiger partial charge on any atom is -0.480 e. The third kappa shape index (κ3) is 2.91. The minimum absolute atomic E-state index is 0.378. The van der Waals surface area contributed by atoms with Crippen molar-refractivity contribution in [2.24, 2.45) is 5.73 Å². The Morgan fingerprint density at radius 3 is 3.06 bits per heavy atom. The fraction of sp³-hybridized carbons (Fsp3) is 0.273. The zero-order valence-corrected chi connectivity index (χ0v) is 10.1. The molecule has 6 nitrogen and oxygen atoms in total. The lowest BCUT2D eigenvalue weighted by atomic mass is 10.1. The number of nitrogens with one attached hydrogen (secondary N) is 1. The molecule has 0 saturated carbocycles. The number of primary amides is 1. The molecule has 1 aliphatic heterocycles. The Morgan fingerprint density at radius 2 is 2.33 bits per heavy atom. The fourth-order valence-electron chi connectivity index (χ4n) is 1.61. The van der Waals surface area contributed by atoms with Crippen molar-refractivity contribution in [3.8, 4) is 5.75 Å². The lowest BCUT2D eigenvalue weighted by Crippen LogP contribution is -2.39. The van der Waals surface area contributed by atoms with Crippen molar-refractivity contribution in [2.75, 3.05) is 6.61 Å². The fourth-order valence-corrected chi connectivity index (χ4v) is 1.80. The molecule has 1 aliphatic rings. The van der Waals surface area contributed by atoms with Gasteiger partial charge in [-0.05, 0) is 23.8 Å². The third-order valence-corrected chi connectivity index (χ3v) is 2.61. The molecular weight excluding hydrogens is 260 g/mol. The highest BCUT2D eigenvalue weighted by Gasteiger charge is 2.29. The largest absolute Gasteiger partial charge is 0.480 e. The predicted octanol–water partition coefficient (Wildman–Crippen LogP) is 0.177. The molecule has 0 aromatic heterocycles. The van der Waals surface area contributed by atoms with E-state index < -0.39 is 17.9 Å². The first kappa shape index (κ1) is 12.7. The molecular formula is C11H11ClN2O4. The SMILES string of the molecule is NC(=O)CONC(=O)C1Cc2cc(Cl)ccc2O1. The van der Waals surface area contributed by atoms with Crippen molar-refractivity contribution in [3.05, 3.63) is 28.8 Å². The Balaban J connectivity index is 1.90. The van der Waals surface area contributed by atoms with E-state index in [1.807, 2.05) is 0 Å². The van der Waals surface area contributed by atoms with E-state index in [1.165, 1.54) is 0 Å². The summed E-state index contributed by atoms with van der Waals surface area (Å²) in [5.41, 5.74) is 7.82. The van der Waals surface area contributed by atoms with Crippen LogP contribution >= 0.6 is 11.6 Å². The van der Waals surface area contributed by atoms with Crippen LogP contribution in [-0.4, -0.2) is 24.5 Å². The maximum atomic E-state index is 11.6. The molecule has 1 atom stereocenters. The summed E-state index contributed by atoms with van der Waals surface area (Å²) in [6.45, 7) is -0.378. The van der Waals surface area contributed by atoms with Crippen molar-refractivity contribution in [1.82, 2.24) is 5.48 Å². The minimum atomic E-state index is -0.689. The van der Waals surface area contributed by atoms with Crippen LogP contribution in [0.25, 0.3) is 0 Å². The zero-order chi connectivity index (χ0) is 13.1. The van der Waals surface area contributed by atoms with Gasteiger partial charge in [-0.2, -0.15) is 0 Å². The van der Waals surface area contributed by atoms with Gasteiger partial charge in [0.05, 0.1) is 0 Å². The molecule has 18 heavy (non-hydrogen) atoms. The number of fused-ring (bicyclic) bond motifs is 1. The molecule has 0 fully saturated rings. The first-order chi connectivity index (χ1) is 8.56. The normalized spacial score (nSPS) is 16.8. The number of halogens is 1. The van der Waals surface area contributed by atoms with E-state index in [4.69, 9.17) is 22.1 Å². The van der Waals surface area contributed by atoms with E-state index in [9.17, 15) is 9.59 Å². The van der Waals surface area contributed by atoms with Crippen molar-refractivity contribution in [3.63, 3.8) is 0 Å². The highest BCUT2D eigenvalue weighted by Crippen LogP contribution is 2.30. The second-order valence-electron chi connectivity index (χ2n) is 3.78. The maximum Gasteiger partial charge on any atom is 0.284 e. The van der Waals surface area contributed by atoms with Crippen LogP contribution in [0.4, 0.5) is 0 Å². The molecule has 0 bridgehead atoms. The summed E-state index contributed by atoms with van der Waals surface area (Å²) >= 11 is 5.84. The average molecular weight is 271 g/mol. The van der Waals surface area contributed by atoms with Gasteiger partial charge in [-0.15, -0.1) is 0 Å². The van der Waals surface area contributed by atoms with Crippen LogP contribution in [0.1, 0.15) is 5.56 Å². The van der Waals surface area contributed by atoms with E-state index in [1.54, 1.807) is 18.2 Å². The number of hydrogen-bond donors (Lipinski definition) is 2. The number of amides is 2. The molecule has 1 aromatic carbocycles. The van der Waals surface area contributed by atoms with Gasteiger partial charge in [-0.1, -0.05) is 11.6 Å². The third-order valence-electron chi connectivity index (χ3n) is 2.38. The second-order valence-corrected chi connectivity index (χ2v) is 4.22. The van der Waals surface area contributed by atoms with Crippen molar-refractivity contribution >= 4 is 23.4 Å². The standard InChI is InChI=1S/C11H11ClN2O4/c12-7-1-2-8-6(3-7)4-9(18-8)11(16)14-17-5-10(13)15/h1-3,9H,4-5H2,(H2,13,15)(H,14,16). The number of ether oxygens (including phenoxy) is 1. The monoisotopic (exact) mass is 270 g/mol. The maximum absolute atomic E-state index is 11.6. The molecule has 1 heterocycles. The number of hydrogen-bond acceptors (Lipinski definition) is 4. The molecule has 3 N–H and O–H groups in total. The Hall–Kier alpha value is -1.79. The first-order valence-corrected chi connectivity index (χ1v) is 5.59. The Labute approximate surface area is 108 Å². The van der Waals surface area contributed by atoms with Gasteiger partial charge in [0, 0.05) is 11.4 Å². The number of nitrogens with two attached hydrogens (primary N) is 1. The molecule has 0 aliphatic carbocycles. The Morgan fingerprint density at radius 1 is 1.56 bits per heavy atom. The predicted molar refractivity (Wildman–Crippen MR) is 62.9 cm³/mol. The molecule has 1 unspecified atom stereocenters. The smallest absolute Gasteiger partial charge is 0.284 e. The number of hydroxylamine groups is 1. The van der Waals surface area contributed by atoms with E-state index in [0.717, 1.165) is 5.56 Å². The molecule has 0 radical (unpaired) electrons. The van der Waals surface area contributed by atoms with Crippen molar-refractivity contribution in [2.45, 2.75) is 12.5 Å². The molecule has 2 rings (SSSR count). The second kappa shape index (κ2) is 5.24. The van der Waals surface area contributed by atoms with Crippen molar-refractivity contribution < 1.29 is 19.2 Å². The number of rotatable bonds is 4. The van der Waals surface area contributed by atoms with E-state index in [-0.39, 0.29) is 6.61 Å². The van der Waals surface area contributed by atoms with Gasteiger partial charge < -0.3 is 10.5 Å². The summed E-state index contributed by atoms with van der Waals surface area (Å²) in [7, 11) is 0. The van der Waals surface area contributed by atoms with Crippen LogP contribution in [0.2, 0.25) is 5.02 Å². The van der Waals surface area contributed by atoms with Gasteiger partial charge in [0.1, 0.15) is 5.75 Å². The summed E-state index contributed by atoms with van der Waals surface area (Å²) in [6, 6.07) is 5.13. The summed E-state index contributed by atoms with van der Waals surface area (Å²) in [5.74, 6) is -0.518. The highest BCUT2D eigenvalue weighted by atomic mass is 35.5. The van der Waals surface area contributed by atoms with E-state index >= 15 is 0 Å². The lowest BCUT2D eigenvalue weighted by molar-refractivity contribution is -0.143. The summed E-state index contributed by atoms with van der Waals surface area (Å²) < 4.78 is 5.41. The Bertz CT molecular complexity index is 492. The van der Waals surface area contributed by atoms with Gasteiger partial charge in [-0.3, -0.25) is 14.4 Å². The van der Waals surface area contributed by atoms with Crippen molar-refractivity contribution in [1.29, 1.82) is 0 Å². The first-order valence-electron chi connectivity index (χ1n) is 5.21.